The first kappa shape index (κ1) is 22.5. The number of hydrogen-bond acceptors (Lipinski definition) is 4. The highest BCUT2D eigenvalue weighted by atomic mass is 16.4. The highest BCUT2D eigenvalue weighted by molar-refractivity contribution is 5.96. The van der Waals surface area contributed by atoms with Crippen LogP contribution in [0.25, 0.3) is 78.8 Å². The summed E-state index contributed by atoms with van der Waals surface area (Å²) in [5.74, 6) is 1.18. The third-order valence-corrected chi connectivity index (χ3v) is 7.27. The zero-order chi connectivity index (χ0) is 26.5. The Morgan fingerprint density at radius 3 is 1.32 bits per heavy atom. The maximum atomic E-state index is 6.00. The van der Waals surface area contributed by atoms with E-state index in [2.05, 4.69) is 82.8 Å². The SMILES string of the molecule is C(=C\c1nc2cc3ccccc3cc2o1)/c1ccc2ccc(/C=C/c3nc4cc5ccccc5cc4o3)cc2c1. The molecular formula is C36H22N2O2. The summed E-state index contributed by atoms with van der Waals surface area (Å²) < 4.78 is 12.0. The average molecular weight is 515 g/mol. The summed E-state index contributed by atoms with van der Waals surface area (Å²) in [5.41, 5.74) is 5.46. The lowest BCUT2D eigenvalue weighted by molar-refractivity contribution is 0.589. The van der Waals surface area contributed by atoms with Crippen molar-refractivity contribution in [1.29, 1.82) is 0 Å². The summed E-state index contributed by atoms with van der Waals surface area (Å²) in [4.78, 5) is 9.32. The summed E-state index contributed by atoms with van der Waals surface area (Å²) in [5, 5.41) is 6.93. The molecule has 0 radical (unpaired) electrons. The number of benzene rings is 6. The number of fused-ring (bicyclic) bond motifs is 5. The van der Waals surface area contributed by atoms with Crippen LogP contribution in [0.1, 0.15) is 22.9 Å². The Kier molecular flexibility index (Phi) is 5.10. The second kappa shape index (κ2) is 9.07. The molecule has 6 aromatic carbocycles. The molecule has 0 fully saturated rings. The van der Waals surface area contributed by atoms with Gasteiger partial charge in [-0.05, 0) is 92.0 Å². The molecule has 4 nitrogen and oxygen atoms in total. The topological polar surface area (TPSA) is 52.1 Å². The van der Waals surface area contributed by atoms with E-state index in [1.54, 1.807) is 0 Å². The molecule has 188 valence electrons. The van der Waals surface area contributed by atoms with Gasteiger partial charge < -0.3 is 8.83 Å². The number of aromatic nitrogens is 2. The van der Waals surface area contributed by atoms with Gasteiger partial charge in [0.15, 0.2) is 11.2 Å². The fraction of sp³-hybridized carbons (Fsp3) is 0. The molecule has 0 saturated carbocycles. The molecule has 4 heteroatoms. The van der Waals surface area contributed by atoms with E-state index in [0.29, 0.717) is 11.8 Å². The first-order valence-electron chi connectivity index (χ1n) is 13.2. The number of hydrogen-bond donors (Lipinski definition) is 0. The van der Waals surface area contributed by atoms with Crippen LogP contribution in [0.5, 0.6) is 0 Å². The zero-order valence-electron chi connectivity index (χ0n) is 21.4. The lowest BCUT2D eigenvalue weighted by Gasteiger charge is -2.01. The lowest BCUT2D eigenvalue weighted by atomic mass is 10.0. The smallest absolute Gasteiger partial charge is 0.220 e. The van der Waals surface area contributed by atoms with E-state index in [9.17, 15) is 0 Å². The Balaban J connectivity index is 1.06. The molecular weight excluding hydrogens is 492 g/mol. The highest BCUT2D eigenvalue weighted by Gasteiger charge is 2.07. The van der Waals surface area contributed by atoms with Gasteiger partial charge in [0.25, 0.3) is 0 Å². The summed E-state index contributed by atoms with van der Waals surface area (Å²) >= 11 is 0. The van der Waals surface area contributed by atoms with Crippen LogP contribution in [-0.2, 0) is 0 Å². The third-order valence-electron chi connectivity index (χ3n) is 7.27. The van der Waals surface area contributed by atoms with E-state index in [1.165, 1.54) is 5.39 Å². The molecule has 8 aromatic rings. The molecule has 0 atom stereocenters. The average Bonchev–Trinajstić information content (AvgIpc) is 3.58. The van der Waals surface area contributed by atoms with E-state index in [4.69, 9.17) is 8.83 Å². The van der Waals surface area contributed by atoms with Crippen molar-refractivity contribution in [2.45, 2.75) is 0 Å². The van der Waals surface area contributed by atoms with Crippen molar-refractivity contribution < 1.29 is 8.83 Å². The Bertz CT molecular complexity index is 2020. The van der Waals surface area contributed by atoms with Crippen molar-refractivity contribution in [2.75, 3.05) is 0 Å². The van der Waals surface area contributed by atoms with Crippen LogP contribution in [0.15, 0.2) is 118 Å². The monoisotopic (exact) mass is 514 g/mol. The molecule has 40 heavy (non-hydrogen) atoms. The predicted molar refractivity (Wildman–Crippen MR) is 165 cm³/mol. The minimum atomic E-state index is 0.591. The van der Waals surface area contributed by atoms with Crippen LogP contribution in [0.2, 0.25) is 0 Å². The Morgan fingerprint density at radius 1 is 0.400 bits per heavy atom. The van der Waals surface area contributed by atoms with Gasteiger partial charge in [0.05, 0.1) is 0 Å². The Labute approximate surface area is 229 Å². The van der Waals surface area contributed by atoms with Gasteiger partial charge in [0, 0.05) is 12.2 Å². The third kappa shape index (κ3) is 4.12. The Morgan fingerprint density at radius 2 is 0.850 bits per heavy atom. The minimum Gasteiger partial charge on any atom is -0.437 e. The van der Waals surface area contributed by atoms with Crippen molar-refractivity contribution in [2.24, 2.45) is 0 Å². The van der Waals surface area contributed by atoms with Crippen LogP contribution in [0, 0.1) is 0 Å². The summed E-state index contributed by atoms with van der Waals surface area (Å²) in [7, 11) is 0. The molecule has 0 aliphatic heterocycles. The molecule has 0 unspecified atom stereocenters. The van der Waals surface area contributed by atoms with Crippen molar-refractivity contribution in [3.05, 3.63) is 132 Å². The fourth-order valence-electron chi connectivity index (χ4n) is 5.23. The zero-order valence-corrected chi connectivity index (χ0v) is 21.4. The quantitative estimate of drug-likeness (QED) is 0.235. The lowest BCUT2D eigenvalue weighted by Crippen LogP contribution is -1.79. The maximum Gasteiger partial charge on any atom is 0.220 e. The van der Waals surface area contributed by atoms with Gasteiger partial charge in [-0.25, -0.2) is 9.97 Å². The molecule has 0 aliphatic carbocycles. The number of oxazole rings is 2. The number of rotatable bonds is 4. The summed E-state index contributed by atoms with van der Waals surface area (Å²) in [6.07, 6.45) is 7.92. The summed E-state index contributed by atoms with van der Waals surface area (Å²) in [6.45, 7) is 0. The maximum absolute atomic E-state index is 6.00. The standard InChI is InChI=1S/C36H22N2O2/c1-3-7-28-21-33-31(19-26(28)5-1)37-35(39-33)15-11-23-9-13-25-14-10-24(18-30(25)17-23)12-16-36-38-32-20-27-6-2-4-8-29(27)22-34(32)40-36/h1-22H/b15-11+,16-12+. The normalized spacial score (nSPS) is 12.3. The van der Waals surface area contributed by atoms with Gasteiger partial charge in [-0.15, -0.1) is 0 Å². The van der Waals surface area contributed by atoms with E-state index < -0.39 is 0 Å². The Hall–Kier alpha value is -5.48. The van der Waals surface area contributed by atoms with Crippen LogP contribution < -0.4 is 0 Å². The molecule has 0 saturated heterocycles. The largest absolute Gasteiger partial charge is 0.437 e. The van der Waals surface area contributed by atoms with Crippen molar-refractivity contribution >= 4 is 78.8 Å². The van der Waals surface area contributed by atoms with E-state index in [1.807, 2.05) is 60.7 Å². The fourth-order valence-corrected chi connectivity index (χ4v) is 5.23. The molecule has 2 aromatic heterocycles. The van der Waals surface area contributed by atoms with Gasteiger partial charge in [-0.2, -0.15) is 0 Å². The number of nitrogens with zero attached hydrogens (tertiary/aromatic N) is 2. The minimum absolute atomic E-state index is 0.591. The van der Waals surface area contributed by atoms with Crippen molar-refractivity contribution in [1.82, 2.24) is 9.97 Å². The first-order chi connectivity index (χ1) is 19.7. The molecule has 0 bridgehead atoms. The van der Waals surface area contributed by atoms with Gasteiger partial charge >= 0.3 is 0 Å². The van der Waals surface area contributed by atoms with Crippen LogP contribution in [-0.4, -0.2) is 9.97 Å². The van der Waals surface area contributed by atoms with E-state index in [0.717, 1.165) is 60.3 Å². The second-order valence-corrected chi connectivity index (χ2v) is 9.97. The second-order valence-electron chi connectivity index (χ2n) is 9.97. The molecule has 2 heterocycles. The molecule has 8 rings (SSSR count). The van der Waals surface area contributed by atoms with Crippen LogP contribution in [0.4, 0.5) is 0 Å². The van der Waals surface area contributed by atoms with Crippen molar-refractivity contribution in [3.8, 4) is 0 Å². The van der Waals surface area contributed by atoms with Crippen molar-refractivity contribution in [3.63, 3.8) is 0 Å². The summed E-state index contributed by atoms with van der Waals surface area (Å²) in [6, 6.07) is 37.5. The van der Waals surface area contributed by atoms with Crippen LogP contribution in [0.3, 0.4) is 0 Å². The van der Waals surface area contributed by atoms with Crippen LogP contribution >= 0.6 is 0 Å². The highest BCUT2D eigenvalue weighted by Crippen LogP contribution is 2.26. The predicted octanol–water partition coefficient (Wildman–Crippen LogP) is 9.77. The van der Waals surface area contributed by atoms with E-state index >= 15 is 0 Å². The van der Waals surface area contributed by atoms with Gasteiger partial charge in [0.1, 0.15) is 11.0 Å². The van der Waals surface area contributed by atoms with Gasteiger partial charge in [-0.3, -0.25) is 0 Å². The molecule has 0 aliphatic rings. The molecule has 0 spiro atoms. The van der Waals surface area contributed by atoms with Gasteiger partial charge in [0.2, 0.25) is 11.8 Å². The first-order valence-corrected chi connectivity index (χ1v) is 13.2. The van der Waals surface area contributed by atoms with Gasteiger partial charge in [-0.1, -0.05) is 72.8 Å². The van der Waals surface area contributed by atoms with E-state index in [-0.39, 0.29) is 0 Å². The molecule has 0 amide bonds. The molecule has 0 N–H and O–H groups in total.